The molecule has 114 valence electrons. The quantitative estimate of drug-likeness (QED) is 0.917. The summed E-state index contributed by atoms with van der Waals surface area (Å²) in [6.45, 7) is 7.82. The van der Waals surface area contributed by atoms with Crippen LogP contribution in [-0.2, 0) is 0 Å². The predicted octanol–water partition coefficient (Wildman–Crippen LogP) is 3.38. The van der Waals surface area contributed by atoms with Crippen LogP contribution in [-0.4, -0.2) is 31.1 Å². The SMILES string of the molecule is CC(C)C[C@H](c1cc(F)ccc1F)N1CCNCC1.Cl. The van der Waals surface area contributed by atoms with Gasteiger partial charge in [-0.2, -0.15) is 0 Å². The Morgan fingerprint density at radius 1 is 1.20 bits per heavy atom. The summed E-state index contributed by atoms with van der Waals surface area (Å²) in [6.07, 6.45) is 0.848. The number of piperazine rings is 1. The maximum absolute atomic E-state index is 14.0. The molecule has 5 heteroatoms. The van der Waals surface area contributed by atoms with E-state index in [0.29, 0.717) is 11.5 Å². The van der Waals surface area contributed by atoms with Gasteiger partial charge >= 0.3 is 0 Å². The predicted molar refractivity (Wildman–Crippen MR) is 80.2 cm³/mol. The maximum atomic E-state index is 14.0. The second-order valence-electron chi connectivity index (χ2n) is 5.60. The van der Waals surface area contributed by atoms with Crippen molar-refractivity contribution in [3.05, 3.63) is 35.4 Å². The highest BCUT2D eigenvalue weighted by Gasteiger charge is 2.25. The van der Waals surface area contributed by atoms with Gasteiger partial charge in [0.25, 0.3) is 0 Å². The van der Waals surface area contributed by atoms with Crippen LogP contribution in [0.2, 0.25) is 0 Å². The van der Waals surface area contributed by atoms with E-state index in [1.165, 1.54) is 18.2 Å². The first-order valence-corrected chi connectivity index (χ1v) is 6.97. The highest BCUT2D eigenvalue weighted by Crippen LogP contribution is 2.30. The molecule has 20 heavy (non-hydrogen) atoms. The summed E-state index contributed by atoms with van der Waals surface area (Å²) in [4.78, 5) is 2.26. The van der Waals surface area contributed by atoms with E-state index in [-0.39, 0.29) is 30.1 Å². The van der Waals surface area contributed by atoms with Gasteiger partial charge in [-0.1, -0.05) is 13.8 Å². The lowest BCUT2D eigenvalue weighted by Crippen LogP contribution is -2.45. The summed E-state index contributed by atoms with van der Waals surface area (Å²) in [6, 6.07) is 3.74. The molecule has 1 N–H and O–H groups in total. The lowest BCUT2D eigenvalue weighted by Gasteiger charge is -2.36. The van der Waals surface area contributed by atoms with Crippen molar-refractivity contribution in [2.45, 2.75) is 26.3 Å². The van der Waals surface area contributed by atoms with Crippen molar-refractivity contribution in [2.24, 2.45) is 5.92 Å². The van der Waals surface area contributed by atoms with Crippen molar-refractivity contribution < 1.29 is 8.78 Å². The van der Waals surface area contributed by atoms with E-state index >= 15 is 0 Å². The van der Waals surface area contributed by atoms with E-state index < -0.39 is 0 Å². The molecule has 0 saturated carbocycles. The molecule has 1 aliphatic heterocycles. The zero-order valence-corrected chi connectivity index (χ0v) is 12.9. The van der Waals surface area contributed by atoms with Crippen molar-refractivity contribution in [1.82, 2.24) is 10.2 Å². The van der Waals surface area contributed by atoms with Gasteiger partial charge in [0, 0.05) is 37.8 Å². The molecule has 1 saturated heterocycles. The molecule has 2 nitrogen and oxygen atoms in total. The van der Waals surface area contributed by atoms with Gasteiger partial charge in [0.15, 0.2) is 0 Å². The molecule has 0 spiro atoms. The third-order valence-electron chi connectivity index (χ3n) is 3.60. The zero-order chi connectivity index (χ0) is 13.8. The van der Waals surface area contributed by atoms with Crippen LogP contribution < -0.4 is 5.32 Å². The number of halogens is 3. The summed E-state index contributed by atoms with van der Waals surface area (Å²) in [7, 11) is 0. The smallest absolute Gasteiger partial charge is 0.128 e. The molecule has 1 aromatic carbocycles. The topological polar surface area (TPSA) is 15.3 Å². The number of hydrogen-bond donors (Lipinski definition) is 1. The minimum Gasteiger partial charge on any atom is -0.314 e. The minimum atomic E-state index is -0.361. The zero-order valence-electron chi connectivity index (χ0n) is 12.0. The van der Waals surface area contributed by atoms with Gasteiger partial charge in [0.1, 0.15) is 11.6 Å². The average Bonchev–Trinajstić information content (AvgIpc) is 2.40. The summed E-state index contributed by atoms with van der Waals surface area (Å²) < 4.78 is 27.4. The van der Waals surface area contributed by atoms with Gasteiger partial charge in [0.05, 0.1) is 0 Å². The molecule has 1 atom stereocenters. The molecule has 0 bridgehead atoms. The van der Waals surface area contributed by atoms with Crippen LogP contribution in [0, 0.1) is 17.6 Å². The number of nitrogens with zero attached hydrogens (tertiary/aromatic N) is 1. The number of nitrogens with one attached hydrogen (secondary N) is 1. The molecule has 0 aliphatic carbocycles. The van der Waals surface area contributed by atoms with Crippen molar-refractivity contribution in [2.75, 3.05) is 26.2 Å². The summed E-state index contributed by atoms with van der Waals surface area (Å²) in [5.74, 6) is -0.214. The fourth-order valence-corrected chi connectivity index (χ4v) is 2.68. The highest BCUT2D eigenvalue weighted by atomic mass is 35.5. The lowest BCUT2D eigenvalue weighted by molar-refractivity contribution is 0.150. The minimum absolute atomic E-state index is 0. The van der Waals surface area contributed by atoms with E-state index in [1.807, 2.05) is 0 Å². The molecule has 1 aromatic rings. The second kappa shape index (κ2) is 7.91. The molecule has 0 aromatic heterocycles. The van der Waals surface area contributed by atoms with Crippen LogP contribution in [0.3, 0.4) is 0 Å². The molecule has 0 radical (unpaired) electrons. The van der Waals surface area contributed by atoms with Gasteiger partial charge in [-0.25, -0.2) is 8.78 Å². The number of benzene rings is 1. The van der Waals surface area contributed by atoms with E-state index in [4.69, 9.17) is 0 Å². The van der Waals surface area contributed by atoms with E-state index in [0.717, 1.165) is 32.6 Å². The van der Waals surface area contributed by atoms with Gasteiger partial charge in [-0.05, 0) is 30.5 Å². The van der Waals surface area contributed by atoms with Crippen LogP contribution in [0.15, 0.2) is 18.2 Å². The third-order valence-corrected chi connectivity index (χ3v) is 3.60. The molecule has 1 fully saturated rings. The molecular formula is C15H23ClF2N2. The van der Waals surface area contributed by atoms with Crippen molar-refractivity contribution in [3.63, 3.8) is 0 Å². The first kappa shape index (κ1) is 17.3. The fourth-order valence-electron chi connectivity index (χ4n) is 2.68. The molecule has 0 unspecified atom stereocenters. The van der Waals surface area contributed by atoms with Crippen molar-refractivity contribution in [1.29, 1.82) is 0 Å². The van der Waals surface area contributed by atoms with Crippen LogP contribution in [0.5, 0.6) is 0 Å². The van der Waals surface area contributed by atoms with Crippen LogP contribution in [0.25, 0.3) is 0 Å². The van der Waals surface area contributed by atoms with E-state index in [1.54, 1.807) is 0 Å². The Labute approximate surface area is 126 Å². The summed E-state index contributed by atoms with van der Waals surface area (Å²) in [5.41, 5.74) is 0.496. The van der Waals surface area contributed by atoms with Gasteiger partial charge in [-0.3, -0.25) is 4.90 Å². The Balaban J connectivity index is 0.00000200. The molecule has 2 rings (SSSR count). The Kier molecular flexibility index (Phi) is 6.86. The number of hydrogen-bond acceptors (Lipinski definition) is 2. The monoisotopic (exact) mass is 304 g/mol. The van der Waals surface area contributed by atoms with Gasteiger partial charge in [-0.15, -0.1) is 12.4 Å². The average molecular weight is 305 g/mol. The molecule has 0 amide bonds. The Bertz CT molecular complexity index is 420. The van der Waals surface area contributed by atoms with Crippen LogP contribution in [0.1, 0.15) is 31.9 Å². The lowest BCUT2D eigenvalue weighted by atomic mass is 9.94. The fraction of sp³-hybridized carbons (Fsp3) is 0.600. The highest BCUT2D eigenvalue weighted by molar-refractivity contribution is 5.85. The van der Waals surface area contributed by atoms with Crippen LogP contribution in [0.4, 0.5) is 8.78 Å². The van der Waals surface area contributed by atoms with Gasteiger partial charge in [0.2, 0.25) is 0 Å². The Morgan fingerprint density at radius 2 is 1.85 bits per heavy atom. The summed E-state index contributed by atoms with van der Waals surface area (Å²) in [5, 5.41) is 3.29. The largest absolute Gasteiger partial charge is 0.314 e. The van der Waals surface area contributed by atoms with Crippen LogP contribution >= 0.6 is 12.4 Å². The third kappa shape index (κ3) is 4.40. The summed E-state index contributed by atoms with van der Waals surface area (Å²) >= 11 is 0. The van der Waals surface area contributed by atoms with Crippen molar-refractivity contribution >= 4 is 12.4 Å². The first-order chi connectivity index (χ1) is 9.08. The molecule has 1 aliphatic rings. The van der Waals surface area contributed by atoms with Crippen molar-refractivity contribution in [3.8, 4) is 0 Å². The van der Waals surface area contributed by atoms with E-state index in [9.17, 15) is 8.78 Å². The normalized spacial score (nSPS) is 17.9. The molecular weight excluding hydrogens is 282 g/mol. The Morgan fingerprint density at radius 3 is 2.45 bits per heavy atom. The standard InChI is InChI=1S/C15H22F2N2.ClH/c1-11(2)9-15(19-7-5-18-6-8-19)13-10-12(16)3-4-14(13)17;/h3-4,10-11,15,18H,5-9H2,1-2H3;1H/t15-;/m1./s1. The Hall–Kier alpha value is -0.710. The maximum Gasteiger partial charge on any atom is 0.128 e. The van der Waals surface area contributed by atoms with E-state index in [2.05, 4.69) is 24.1 Å². The number of rotatable bonds is 4. The molecule has 1 heterocycles. The first-order valence-electron chi connectivity index (χ1n) is 6.97. The van der Waals surface area contributed by atoms with Gasteiger partial charge < -0.3 is 5.32 Å². The second-order valence-corrected chi connectivity index (χ2v) is 5.60.